The average molecular weight is 285 g/mol. The zero-order chi connectivity index (χ0) is 14.5. The van der Waals surface area contributed by atoms with Crippen LogP contribution in [0.4, 0.5) is 5.69 Å². The van der Waals surface area contributed by atoms with Crippen molar-refractivity contribution in [1.29, 1.82) is 0 Å². The Kier molecular flexibility index (Phi) is 4.55. The SMILES string of the molecule is COC1CCCC(Nc2cnn(Cc3ccccc3)c2)C1. The Hall–Kier alpha value is -1.81. The summed E-state index contributed by atoms with van der Waals surface area (Å²) >= 11 is 0. The summed E-state index contributed by atoms with van der Waals surface area (Å²) in [5.41, 5.74) is 2.37. The van der Waals surface area contributed by atoms with E-state index in [1.807, 2.05) is 24.1 Å². The second-order valence-corrected chi connectivity index (χ2v) is 5.78. The van der Waals surface area contributed by atoms with Gasteiger partial charge in [-0.2, -0.15) is 5.10 Å². The summed E-state index contributed by atoms with van der Waals surface area (Å²) in [6, 6.07) is 10.9. The molecule has 1 heterocycles. The van der Waals surface area contributed by atoms with E-state index in [4.69, 9.17) is 4.74 Å². The Balaban J connectivity index is 1.57. The molecule has 4 heteroatoms. The molecule has 0 aliphatic heterocycles. The molecule has 0 radical (unpaired) electrons. The highest BCUT2D eigenvalue weighted by Crippen LogP contribution is 2.23. The van der Waals surface area contributed by atoms with Gasteiger partial charge >= 0.3 is 0 Å². The first-order valence-electron chi connectivity index (χ1n) is 7.69. The van der Waals surface area contributed by atoms with Gasteiger partial charge in [-0.05, 0) is 31.2 Å². The molecule has 21 heavy (non-hydrogen) atoms. The van der Waals surface area contributed by atoms with Gasteiger partial charge < -0.3 is 10.1 Å². The monoisotopic (exact) mass is 285 g/mol. The standard InChI is InChI=1S/C17H23N3O/c1-21-17-9-5-8-15(10-17)19-16-11-18-20(13-16)12-14-6-3-2-4-7-14/h2-4,6-7,11,13,15,17,19H,5,8-10,12H2,1H3. The number of nitrogens with one attached hydrogen (secondary N) is 1. The van der Waals surface area contributed by atoms with Crippen molar-refractivity contribution in [1.82, 2.24) is 9.78 Å². The van der Waals surface area contributed by atoms with Gasteiger partial charge in [-0.15, -0.1) is 0 Å². The number of benzene rings is 1. The van der Waals surface area contributed by atoms with Crippen LogP contribution in [0.1, 0.15) is 31.2 Å². The topological polar surface area (TPSA) is 39.1 Å². The molecular weight excluding hydrogens is 262 g/mol. The number of aromatic nitrogens is 2. The highest BCUT2D eigenvalue weighted by Gasteiger charge is 2.21. The molecule has 2 atom stereocenters. The van der Waals surface area contributed by atoms with Crippen LogP contribution in [0.2, 0.25) is 0 Å². The number of hydrogen-bond donors (Lipinski definition) is 1. The zero-order valence-corrected chi connectivity index (χ0v) is 12.5. The fraction of sp³-hybridized carbons (Fsp3) is 0.471. The minimum absolute atomic E-state index is 0.399. The van der Waals surface area contributed by atoms with Crippen molar-refractivity contribution in [3.63, 3.8) is 0 Å². The van der Waals surface area contributed by atoms with Crippen LogP contribution >= 0.6 is 0 Å². The Morgan fingerprint density at radius 2 is 2.14 bits per heavy atom. The van der Waals surface area contributed by atoms with Crippen LogP contribution in [0, 0.1) is 0 Å². The molecule has 2 unspecified atom stereocenters. The first-order valence-corrected chi connectivity index (χ1v) is 7.69. The van der Waals surface area contributed by atoms with E-state index in [1.165, 1.54) is 24.8 Å². The van der Waals surface area contributed by atoms with Crippen molar-refractivity contribution >= 4 is 5.69 Å². The molecule has 0 spiro atoms. The highest BCUT2D eigenvalue weighted by molar-refractivity contribution is 5.39. The van der Waals surface area contributed by atoms with Crippen LogP contribution in [-0.2, 0) is 11.3 Å². The van der Waals surface area contributed by atoms with E-state index in [0.29, 0.717) is 12.1 Å². The molecule has 0 amide bonds. The summed E-state index contributed by atoms with van der Waals surface area (Å²) in [6.07, 6.45) is 9.11. The lowest BCUT2D eigenvalue weighted by molar-refractivity contribution is 0.0669. The van der Waals surface area contributed by atoms with Crippen LogP contribution in [0.15, 0.2) is 42.7 Å². The van der Waals surface area contributed by atoms with E-state index >= 15 is 0 Å². The van der Waals surface area contributed by atoms with Crippen LogP contribution < -0.4 is 5.32 Å². The molecule has 1 aliphatic rings. The lowest BCUT2D eigenvalue weighted by atomic mass is 9.93. The summed E-state index contributed by atoms with van der Waals surface area (Å²) in [4.78, 5) is 0. The lowest BCUT2D eigenvalue weighted by Crippen LogP contribution is -2.30. The Morgan fingerprint density at radius 3 is 2.95 bits per heavy atom. The number of rotatable bonds is 5. The second-order valence-electron chi connectivity index (χ2n) is 5.78. The molecule has 0 bridgehead atoms. The lowest BCUT2D eigenvalue weighted by Gasteiger charge is -2.29. The molecule has 4 nitrogen and oxygen atoms in total. The summed E-state index contributed by atoms with van der Waals surface area (Å²) in [5, 5.41) is 8.03. The minimum atomic E-state index is 0.399. The van der Waals surface area contributed by atoms with Gasteiger partial charge in [0.25, 0.3) is 0 Å². The smallest absolute Gasteiger partial charge is 0.0728 e. The van der Waals surface area contributed by atoms with Gasteiger partial charge in [-0.1, -0.05) is 30.3 Å². The fourth-order valence-corrected chi connectivity index (χ4v) is 3.02. The maximum absolute atomic E-state index is 5.48. The molecule has 1 saturated carbocycles. The van der Waals surface area contributed by atoms with E-state index in [2.05, 4.69) is 40.9 Å². The van der Waals surface area contributed by atoms with Crippen molar-refractivity contribution < 1.29 is 4.74 Å². The molecule has 1 fully saturated rings. The van der Waals surface area contributed by atoms with Gasteiger partial charge in [0.2, 0.25) is 0 Å². The fourth-order valence-electron chi connectivity index (χ4n) is 3.02. The largest absolute Gasteiger partial charge is 0.381 e. The maximum atomic E-state index is 5.48. The number of anilines is 1. The molecule has 1 aliphatic carbocycles. The highest BCUT2D eigenvalue weighted by atomic mass is 16.5. The maximum Gasteiger partial charge on any atom is 0.0728 e. The van der Waals surface area contributed by atoms with Gasteiger partial charge in [-0.3, -0.25) is 4.68 Å². The third kappa shape index (κ3) is 3.85. The van der Waals surface area contributed by atoms with Crippen molar-refractivity contribution in [3.8, 4) is 0 Å². The molecule has 0 saturated heterocycles. The normalized spacial score (nSPS) is 22.1. The van der Waals surface area contributed by atoms with E-state index in [-0.39, 0.29) is 0 Å². The van der Waals surface area contributed by atoms with Crippen LogP contribution in [0.3, 0.4) is 0 Å². The predicted octanol–water partition coefficient (Wildman–Crippen LogP) is 3.30. The van der Waals surface area contributed by atoms with Gasteiger partial charge in [0.1, 0.15) is 0 Å². The van der Waals surface area contributed by atoms with Crippen molar-refractivity contribution in [2.24, 2.45) is 0 Å². The Morgan fingerprint density at radius 1 is 1.29 bits per heavy atom. The molecular formula is C17H23N3O. The van der Waals surface area contributed by atoms with Crippen LogP contribution in [0.5, 0.6) is 0 Å². The summed E-state index contributed by atoms with van der Waals surface area (Å²) < 4.78 is 7.46. The predicted molar refractivity (Wildman–Crippen MR) is 84.4 cm³/mol. The summed E-state index contributed by atoms with van der Waals surface area (Å²) in [5.74, 6) is 0. The molecule has 1 aromatic heterocycles. The van der Waals surface area contributed by atoms with E-state index < -0.39 is 0 Å². The summed E-state index contributed by atoms with van der Waals surface area (Å²) in [7, 11) is 1.81. The first-order chi connectivity index (χ1) is 10.3. The molecule has 1 N–H and O–H groups in total. The first kappa shape index (κ1) is 14.1. The minimum Gasteiger partial charge on any atom is -0.381 e. The van der Waals surface area contributed by atoms with E-state index in [9.17, 15) is 0 Å². The Labute approximate surface area is 126 Å². The molecule has 2 aromatic rings. The zero-order valence-electron chi connectivity index (χ0n) is 12.5. The average Bonchev–Trinajstić information content (AvgIpc) is 2.95. The van der Waals surface area contributed by atoms with Crippen molar-refractivity contribution in [2.75, 3.05) is 12.4 Å². The number of methoxy groups -OCH3 is 1. The molecule has 112 valence electrons. The van der Waals surface area contributed by atoms with Crippen molar-refractivity contribution in [3.05, 3.63) is 48.3 Å². The third-order valence-electron chi connectivity index (χ3n) is 4.15. The second kappa shape index (κ2) is 6.76. The van der Waals surface area contributed by atoms with Gasteiger partial charge in [-0.25, -0.2) is 0 Å². The van der Waals surface area contributed by atoms with Gasteiger partial charge in [0.15, 0.2) is 0 Å². The summed E-state index contributed by atoms with van der Waals surface area (Å²) in [6.45, 7) is 0.813. The quantitative estimate of drug-likeness (QED) is 0.916. The van der Waals surface area contributed by atoms with Gasteiger partial charge in [0.05, 0.1) is 24.5 Å². The number of ether oxygens (including phenoxy) is 1. The molecule has 3 rings (SSSR count). The third-order valence-corrected chi connectivity index (χ3v) is 4.15. The Bertz CT molecular complexity index is 552. The van der Waals surface area contributed by atoms with Crippen LogP contribution in [-0.4, -0.2) is 29.0 Å². The van der Waals surface area contributed by atoms with Crippen LogP contribution in [0.25, 0.3) is 0 Å². The number of nitrogens with zero attached hydrogens (tertiary/aromatic N) is 2. The number of hydrogen-bond acceptors (Lipinski definition) is 3. The van der Waals surface area contributed by atoms with E-state index in [0.717, 1.165) is 18.7 Å². The van der Waals surface area contributed by atoms with Crippen molar-refractivity contribution in [2.45, 2.75) is 44.4 Å². The van der Waals surface area contributed by atoms with Gasteiger partial charge in [0, 0.05) is 19.3 Å². The molecule has 1 aromatic carbocycles. The van der Waals surface area contributed by atoms with E-state index in [1.54, 1.807) is 0 Å².